The third kappa shape index (κ3) is 2.03. The van der Waals surface area contributed by atoms with E-state index in [1.54, 1.807) is 0 Å². The van der Waals surface area contributed by atoms with E-state index in [0.29, 0.717) is 0 Å². The summed E-state index contributed by atoms with van der Waals surface area (Å²) in [5.74, 6) is -2.17. The average molecular weight is 252 g/mol. The van der Waals surface area contributed by atoms with Gasteiger partial charge in [-0.05, 0) is 11.1 Å². The first-order chi connectivity index (χ1) is 7.71. The molecule has 0 bridgehead atoms. The molecule has 0 saturated heterocycles. The Balaban J connectivity index is 2.58. The van der Waals surface area contributed by atoms with E-state index in [-0.39, 0.29) is 17.2 Å². The third-order valence-electron chi connectivity index (χ3n) is 2.58. The first kappa shape index (κ1) is 12.0. The molecule has 17 heavy (non-hydrogen) atoms. The SMILES string of the molecule is FC(F)(F)C1=CC(C(F)(F)F)c2ccccc21. The minimum atomic E-state index is -4.77. The van der Waals surface area contributed by atoms with Crippen LogP contribution in [0, 0.1) is 0 Å². The van der Waals surface area contributed by atoms with E-state index in [4.69, 9.17) is 0 Å². The van der Waals surface area contributed by atoms with Crippen LogP contribution in [-0.4, -0.2) is 12.4 Å². The smallest absolute Gasteiger partial charge is 0.170 e. The monoisotopic (exact) mass is 252 g/mol. The molecule has 1 aliphatic rings. The predicted octanol–water partition coefficient (Wildman–Crippen LogP) is 4.29. The third-order valence-corrected chi connectivity index (χ3v) is 2.58. The van der Waals surface area contributed by atoms with Gasteiger partial charge in [-0.3, -0.25) is 0 Å². The van der Waals surface area contributed by atoms with Crippen LogP contribution < -0.4 is 0 Å². The van der Waals surface area contributed by atoms with Crippen molar-refractivity contribution in [2.75, 3.05) is 0 Å². The molecular weight excluding hydrogens is 246 g/mol. The summed E-state index contributed by atoms with van der Waals surface area (Å²) in [6.07, 6.45) is -9.23. The Morgan fingerprint density at radius 2 is 1.47 bits per heavy atom. The molecule has 1 aromatic carbocycles. The summed E-state index contributed by atoms with van der Waals surface area (Å²) in [7, 11) is 0. The van der Waals surface area contributed by atoms with E-state index in [2.05, 4.69) is 0 Å². The molecule has 0 N–H and O–H groups in total. The Morgan fingerprint density at radius 3 is 2.00 bits per heavy atom. The second-order valence-electron chi connectivity index (χ2n) is 3.68. The summed E-state index contributed by atoms with van der Waals surface area (Å²) >= 11 is 0. The maximum absolute atomic E-state index is 12.6. The summed E-state index contributed by atoms with van der Waals surface area (Å²) in [4.78, 5) is 0. The van der Waals surface area contributed by atoms with Gasteiger partial charge in [0, 0.05) is 0 Å². The van der Waals surface area contributed by atoms with Gasteiger partial charge in [0.15, 0.2) is 0 Å². The second kappa shape index (κ2) is 3.51. The molecule has 0 aromatic heterocycles. The fraction of sp³-hybridized carbons (Fsp3) is 0.273. The van der Waals surface area contributed by atoms with Crippen molar-refractivity contribution < 1.29 is 26.3 Å². The zero-order valence-electron chi connectivity index (χ0n) is 8.23. The summed E-state index contributed by atoms with van der Waals surface area (Å²) in [5.41, 5.74) is -1.94. The lowest BCUT2D eigenvalue weighted by Crippen LogP contribution is -2.17. The summed E-state index contributed by atoms with van der Waals surface area (Å²) < 4.78 is 75.5. The van der Waals surface area contributed by atoms with Crippen molar-refractivity contribution in [2.24, 2.45) is 0 Å². The van der Waals surface area contributed by atoms with Gasteiger partial charge in [-0.1, -0.05) is 30.3 Å². The summed E-state index contributed by atoms with van der Waals surface area (Å²) in [6.45, 7) is 0. The molecule has 6 heteroatoms. The topological polar surface area (TPSA) is 0 Å². The van der Waals surface area contributed by atoms with Gasteiger partial charge in [0.1, 0.15) is 0 Å². The maximum atomic E-state index is 12.6. The molecule has 0 saturated carbocycles. The molecule has 1 atom stereocenters. The molecule has 0 spiro atoms. The van der Waals surface area contributed by atoms with Crippen LogP contribution in [0.4, 0.5) is 26.3 Å². The lowest BCUT2D eigenvalue weighted by molar-refractivity contribution is -0.139. The van der Waals surface area contributed by atoms with Crippen LogP contribution in [0.5, 0.6) is 0 Å². The largest absolute Gasteiger partial charge is 0.416 e. The Morgan fingerprint density at radius 1 is 0.882 bits per heavy atom. The highest BCUT2D eigenvalue weighted by molar-refractivity contribution is 5.78. The molecule has 92 valence electrons. The summed E-state index contributed by atoms with van der Waals surface area (Å²) in [6, 6.07) is 4.71. The zero-order valence-corrected chi connectivity index (χ0v) is 8.23. The number of benzene rings is 1. The van der Waals surface area contributed by atoms with E-state index >= 15 is 0 Å². The van der Waals surface area contributed by atoms with E-state index in [9.17, 15) is 26.3 Å². The van der Waals surface area contributed by atoms with Crippen LogP contribution in [0.2, 0.25) is 0 Å². The molecule has 0 radical (unpaired) electrons. The minimum Gasteiger partial charge on any atom is -0.170 e. The van der Waals surface area contributed by atoms with Crippen molar-refractivity contribution in [1.82, 2.24) is 0 Å². The zero-order chi connectivity index (χ0) is 12.8. The number of alkyl halides is 6. The predicted molar refractivity (Wildman–Crippen MR) is 49.3 cm³/mol. The van der Waals surface area contributed by atoms with Crippen molar-refractivity contribution >= 4 is 5.57 Å². The first-order valence-electron chi connectivity index (χ1n) is 4.66. The van der Waals surface area contributed by atoms with Crippen molar-refractivity contribution in [1.29, 1.82) is 0 Å². The summed E-state index contributed by atoms with van der Waals surface area (Å²) in [5, 5.41) is 0. The average Bonchev–Trinajstić information content (AvgIpc) is 2.55. The van der Waals surface area contributed by atoms with Crippen LogP contribution >= 0.6 is 0 Å². The molecule has 0 aliphatic heterocycles. The Hall–Kier alpha value is -1.46. The quantitative estimate of drug-likeness (QED) is 0.604. The minimum absolute atomic E-state index is 0.241. The fourth-order valence-electron chi connectivity index (χ4n) is 1.88. The molecule has 1 unspecified atom stereocenters. The standard InChI is InChI=1S/C11H6F6/c12-10(13,14)8-5-9(11(15,16)17)7-4-2-1-3-6(7)8/h1-5,8H. The van der Waals surface area contributed by atoms with E-state index in [0.717, 1.165) is 12.1 Å². The van der Waals surface area contributed by atoms with Gasteiger partial charge >= 0.3 is 12.4 Å². The number of halogens is 6. The van der Waals surface area contributed by atoms with Gasteiger partial charge in [0.25, 0.3) is 0 Å². The number of rotatable bonds is 0. The Bertz CT molecular complexity index is 466. The van der Waals surface area contributed by atoms with Gasteiger partial charge in [0.05, 0.1) is 11.5 Å². The van der Waals surface area contributed by atoms with Gasteiger partial charge in [-0.2, -0.15) is 26.3 Å². The highest BCUT2D eigenvalue weighted by atomic mass is 19.4. The van der Waals surface area contributed by atoms with Crippen LogP contribution in [0.1, 0.15) is 17.0 Å². The lowest BCUT2D eigenvalue weighted by atomic mass is 10.00. The van der Waals surface area contributed by atoms with Gasteiger partial charge in [-0.15, -0.1) is 0 Å². The van der Waals surface area contributed by atoms with E-state index in [1.165, 1.54) is 12.1 Å². The molecular formula is C11H6F6. The molecule has 1 aromatic rings. The Labute approximate surface area is 92.6 Å². The highest BCUT2D eigenvalue weighted by Gasteiger charge is 2.48. The number of hydrogen-bond donors (Lipinski definition) is 0. The number of fused-ring (bicyclic) bond motifs is 1. The fourth-order valence-corrected chi connectivity index (χ4v) is 1.88. The van der Waals surface area contributed by atoms with Crippen LogP contribution in [0.25, 0.3) is 5.57 Å². The van der Waals surface area contributed by atoms with Crippen molar-refractivity contribution in [3.05, 3.63) is 41.5 Å². The normalized spacial score (nSPS) is 20.1. The van der Waals surface area contributed by atoms with E-state index in [1.807, 2.05) is 0 Å². The van der Waals surface area contributed by atoms with Crippen LogP contribution in [0.15, 0.2) is 30.3 Å². The molecule has 0 fully saturated rings. The molecule has 2 rings (SSSR count). The highest BCUT2D eigenvalue weighted by Crippen LogP contribution is 2.49. The van der Waals surface area contributed by atoms with Crippen molar-refractivity contribution in [2.45, 2.75) is 18.3 Å². The van der Waals surface area contributed by atoms with Gasteiger partial charge < -0.3 is 0 Å². The maximum Gasteiger partial charge on any atom is 0.416 e. The van der Waals surface area contributed by atoms with Crippen LogP contribution in [0.3, 0.4) is 0 Å². The Kier molecular flexibility index (Phi) is 2.48. The van der Waals surface area contributed by atoms with Gasteiger partial charge in [0.2, 0.25) is 0 Å². The molecule has 0 amide bonds. The first-order valence-corrected chi connectivity index (χ1v) is 4.66. The number of allylic oxidation sites excluding steroid dienone is 2. The van der Waals surface area contributed by atoms with Crippen LogP contribution in [-0.2, 0) is 0 Å². The van der Waals surface area contributed by atoms with Crippen molar-refractivity contribution in [3.63, 3.8) is 0 Å². The molecule has 0 nitrogen and oxygen atoms in total. The second-order valence-corrected chi connectivity index (χ2v) is 3.68. The number of hydrogen-bond acceptors (Lipinski definition) is 0. The lowest BCUT2D eigenvalue weighted by Gasteiger charge is -2.14. The van der Waals surface area contributed by atoms with Crippen molar-refractivity contribution in [3.8, 4) is 0 Å². The molecule has 0 heterocycles. The van der Waals surface area contributed by atoms with E-state index < -0.39 is 23.8 Å². The van der Waals surface area contributed by atoms with Gasteiger partial charge in [-0.25, -0.2) is 0 Å². The molecule has 1 aliphatic carbocycles.